The van der Waals surface area contributed by atoms with Gasteiger partial charge in [0.2, 0.25) is 0 Å². The number of hydrogen-bond acceptors (Lipinski definition) is 0. The van der Waals surface area contributed by atoms with E-state index in [1.807, 2.05) is 0 Å². The molecule has 0 radical (unpaired) electrons. The first-order valence-electron chi connectivity index (χ1n) is 6.92. The van der Waals surface area contributed by atoms with Crippen molar-refractivity contribution in [2.75, 3.05) is 0 Å². The molecular formula is C17H21ClSi. The Hall–Kier alpha value is -1.05. The maximum atomic E-state index is 6.77. The Morgan fingerprint density at radius 3 is 1.47 bits per heavy atom. The van der Waals surface area contributed by atoms with Crippen LogP contribution in [-0.2, 0) is 12.8 Å². The highest BCUT2D eigenvalue weighted by Gasteiger charge is 2.23. The summed E-state index contributed by atoms with van der Waals surface area (Å²) in [5.41, 5.74) is 2.81. The number of halogens is 1. The predicted octanol–water partition coefficient (Wildman–Crippen LogP) is 5.29. The van der Waals surface area contributed by atoms with Gasteiger partial charge in [0, 0.05) is 0 Å². The fourth-order valence-electron chi connectivity index (χ4n) is 2.22. The highest BCUT2D eigenvalue weighted by molar-refractivity contribution is 7.19. The lowest BCUT2D eigenvalue weighted by molar-refractivity contribution is 1.04. The summed E-state index contributed by atoms with van der Waals surface area (Å²) < 4.78 is 0. The summed E-state index contributed by atoms with van der Waals surface area (Å²) in [6.07, 6.45) is 2.23. The number of aryl methyl sites for hydroxylation is 2. The molecule has 0 N–H and O–H groups in total. The third-order valence-electron chi connectivity index (χ3n) is 3.56. The highest BCUT2D eigenvalue weighted by Crippen LogP contribution is 2.25. The van der Waals surface area contributed by atoms with Crippen molar-refractivity contribution in [3.8, 4) is 0 Å². The summed E-state index contributed by atoms with van der Waals surface area (Å²) in [4.78, 5) is 0. The average molecular weight is 289 g/mol. The van der Waals surface area contributed by atoms with Crippen LogP contribution in [0.5, 0.6) is 0 Å². The Labute approximate surface area is 122 Å². The molecule has 2 heteroatoms. The fourth-order valence-corrected chi connectivity index (χ4v) is 4.66. The van der Waals surface area contributed by atoms with Crippen LogP contribution >= 0.6 is 11.1 Å². The SMILES string of the molecule is C[Si](Cl)(CCc1ccccc1)CCc1ccccc1. The third kappa shape index (κ3) is 5.21. The zero-order valence-electron chi connectivity index (χ0n) is 11.5. The first-order valence-corrected chi connectivity index (χ1v) is 10.9. The summed E-state index contributed by atoms with van der Waals surface area (Å²) in [5.74, 6) is 0. The van der Waals surface area contributed by atoms with Crippen molar-refractivity contribution in [3.63, 3.8) is 0 Å². The van der Waals surface area contributed by atoms with Gasteiger partial charge in [-0.2, -0.15) is 11.1 Å². The van der Waals surface area contributed by atoms with Gasteiger partial charge >= 0.3 is 0 Å². The van der Waals surface area contributed by atoms with E-state index in [2.05, 4.69) is 67.2 Å². The zero-order chi connectivity index (χ0) is 13.6. The van der Waals surface area contributed by atoms with E-state index in [-0.39, 0.29) is 0 Å². The predicted molar refractivity (Wildman–Crippen MR) is 87.4 cm³/mol. The minimum Gasteiger partial charge on any atom is -0.167 e. The van der Waals surface area contributed by atoms with Crippen molar-refractivity contribution in [2.45, 2.75) is 31.5 Å². The molecule has 0 aliphatic rings. The molecule has 0 heterocycles. The molecule has 2 aromatic rings. The first kappa shape index (κ1) is 14.4. The summed E-state index contributed by atoms with van der Waals surface area (Å²) in [6, 6.07) is 23.6. The van der Waals surface area contributed by atoms with E-state index in [0.717, 1.165) is 24.9 Å². The van der Waals surface area contributed by atoms with E-state index in [1.54, 1.807) is 0 Å². The molecule has 19 heavy (non-hydrogen) atoms. The minimum absolute atomic E-state index is 1.11. The largest absolute Gasteiger partial charge is 0.167 e. The standard InChI is InChI=1S/C17H21ClSi/c1-19(18,14-12-16-8-4-2-5-9-16)15-13-17-10-6-3-7-11-17/h2-11H,12-15H2,1H3. The van der Waals surface area contributed by atoms with Gasteiger partial charge in [0.25, 0.3) is 0 Å². The van der Waals surface area contributed by atoms with Gasteiger partial charge in [-0.3, -0.25) is 0 Å². The van der Waals surface area contributed by atoms with Gasteiger partial charge in [-0.25, -0.2) is 0 Å². The maximum Gasteiger partial charge on any atom is 0.154 e. The third-order valence-corrected chi connectivity index (χ3v) is 7.27. The lowest BCUT2D eigenvalue weighted by Gasteiger charge is -2.19. The van der Waals surface area contributed by atoms with Crippen molar-refractivity contribution in [3.05, 3.63) is 71.8 Å². The first-order chi connectivity index (χ1) is 9.16. The summed E-state index contributed by atoms with van der Waals surface area (Å²) in [7, 11) is -1.60. The van der Waals surface area contributed by atoms with Crippen LogP contribution in [0.4, 0.5) is 0 Å². The molecule has 0 aliphatic heterocycles. The second-order valence-corrected chi connectivity index (χ2v) is 11.9. The quantitative estimate of drug-likeness (QED) is 0.501. The molecule has 0 bridgehead atoms. The summed E-state index contributed by atoms with van der Waals surface area (Å²) in [5, 5.41) is 0. The van der Waals surface area contributed by atoms with E-state index in [0.29, 0.717) is 0 Å². The molecule has 0 amide bonds. The monoisotopic (exact) mass is 288 g/mol. The molecular weight excluding hydrogens is 268 g/mol. The van der Waals surface area contributed by atoms with E-state index >= 15 is 0 Å². The van der Waals surface area contributed by atoms with Gasteiger partial charge in [-0.05, 0) is 36.1 Å². The molecule has 0 nitrogen and oxygen atoms in total. The van der Waals surface area contributed by atoms with Crippen LogP contribution in [0, 0.1) is 0 Å². The lowest BCUT2D eigenvalue weighted by Crippen LogP contribution is -2.23. The Morgan fingerprint density at radius 1 is 0.737 bits per heavy atom. The molecule has 2 rings (SSSR count). The van der Waals surface area contributed by atoms with Crippen LogP contribution in [0.2, 0.25) is 18.6 Å². The molecule has 0 atom stereocenters. The van der Waals surface area contributed by atoms with Gasteiger partial charge < -0.3 is 0 Å². The van der Waals surface area contributed by atoms with Crippen LogP contribution in [0.1, 0.15) is 11.1 Å². The van der Waals surface area contributed by atoms with E-state index in [9.17, 15) is 0 Å². The Morgan fingerprint density at radius 2 is 1.11 bits per heavy atom. The molecule has 0 aromatic heterocycles. The summed E-state index contributed by atoms with van der Waals surface area (Å²) in [6.45, 7) is 2.29. The van der Waals surface area contributed by atoms with E-state index < -0.39 is 7.38 Å². The maximum absolute atomic E-state index is 6.77. The van der Waals surface area contributed by atoms with Crippen molar-refractivity contribution >= 4 is 18.5 Å². The molecule has 0 saturated carbocycles. The van der Waals surface area contributed by atoms with Crippen LogP contribution in [0.15, 0.2) is 60.7 Å². The molecule has 0 fully saturated rings. The van der Waals surface area contributed by atoms with Gasteiger partial charge in [0.15, 0.2) is 7.38 Å². The molecule has 0 unspecified atom stereocenters. The Kier molecular flexibility index (Phi) is 5.23. The van der Waals surface area contributed by atoms with Gasteiger partial charge in [0.05, 0.1) is 0 Å². The van der Waals surface area contributed by atoms with Crippen LogP contribution < -0.4 is 0 Å². The van der Waals surface area contributed by atoms with Crippen molar-refractivity contribution < 1.29 is 0 Å². The fraction of sp³-hybridized carbons (Fsp3) is 0.294. The second kappa shape index (κ2) is 6.92. The molecule has 100 valence electrons. The van der Waals surface area contributed by atoms with E-state index in [1.165, 1.54) is 11.1 Å². The molecule has 0 spiro atoms. The second-order valence-electron chi connectivity index (χ2n) is 5.38. The minimum atomic E-state index is -1.60. The molecule has 0 saturated heterocycles. The molecule has 0 aliphatic carbocycles. The number of hydrogen-bond donors (Lipinski definition) is 0. The summed E-state index contributed by atoms with van der Waals surface area (Å²) >= 11 is 6.77. The van der Waals surface area contributed by atoms with Gasteiger partial charge in [0.1, 0.15) is 0 Å². The highest BCUT2D eigenvalue weighted by atomic mass is 35.6. The van der Waals surface area contributed by atoms with Crippen LogP contribution in [0.3, 0.4) is 0 Å². The Balaban J connectivity index is 1.82. The van der Waals surface area contributed by atoms with E-state index in [4.69, 9.17) is 11.1 Å². The van der Waals surface area contributed by atoms with Crippen LogP contribution in [0.25, 0.3) is 0 Å². The molecule has 2 aromatic carbocycles. The smallest absolute Gasteiger partial charge is 0.154 e. The number of benzene rings is 2. The van der Waals surface area contributed by atoms with Crippen LogP contribution in [-0.4, -0.2) is 7.38 Å². The van der Waals surface area contributed by atoms with Crippen molar-refractivity contribution in [1.29, 1.82) is 0 Å². The Bertz CT molecular complexity index is 434. The number of rotatable bonds is 6. The normalized spacial score (nSPS) is 11.5. The van der Waals surface area contributed by atoms with Gasteiger partial charge in [-0.1, -0.05) is 67.2 Å². The zero-order valence-corrected chi connectivity index (χ0v) is 13.2. The topological polar surface area (TPSA) is 0 Å². The van der Waals surface area contributed by atoms with Gasteiger partial charge in [-0.15, -0.1) is 0 Å². The van der Waals surface area contributed by atoms with Crippen molar-refractivity contribution in [2.24, 2.45) is 0 Å². The van der Waals surface area contributed by atoms with Crippen molar-refractivity contribution in [1.82, 2.24) is 0 Å². The average Bonchev–Trinajstić information content (AvgIpc) is 2.46. The lowest BCUT2D eigenvalue weighted by atomic mass is 10.2.